The van der Waals surface area contributed by atoms with Crippen molar-refractivity contribution in [1.29, 1.82) is 0 Å². The van der Waals surface area contributed by atoms with Crippen LogP contribution in [-0.4, -0.2) is 32.4 Å². The van der Waals surface area contributed by atoms with Gasteiger partial charge >= 0.3 is 7.12 Å². The average Bonchev–Trinajstić information content (AvgIpc) is 3.06. The van der Waals surface area contributed by atoms with Crippen molar-refractivity contribution in [2.24, 2.45) is 14.1 Å². The molecular formula is C26H35BBr2I3N3O5. The maximum absolute atomic E-state index is 11.5. The second kappa shape index (κ2) is 17.3. The molecule has 0 aliphatic carbocycles. The van der Waals surface area contributed by atoms with Gasteiger partial charge in [0.25, 0.3) is 5.56 Å². The number of hydrogen-bond acceptors (Lipinski definition) is 5. The van der Waals surface area contributed by atoms with Gasteiger partial charge in [-0.2, -0.15) is 0 Å². The van der Waals surface area contributed by atoms with E-state index in [4.69, 9.17) is 9.31 Å². The fourth-order valence-corrected chi connectivity index (χ4v) is 3.86. The van der Waals surface area contributed by atoms with E-state index in [0.717, 1.165) is 31.1 Å². The van der Waals surface area contributed by atoms with Crippen LogP contribution in [0.2, 0.25) is 0 Å². The van der Waals surface area contributed by atoms with Crippen LogP contribution in [-0.2, 0) is 23.4 Å². The predicted octanol–water partition coefficient (Wildman–Crippen LogP) is 6.28. The Labute approximate surface area is 293 Å². The number of nitrogens with one attached hydrogen (secondary N) is 1. The lowest BCUT2D eigenvalue weighted by molar-refractivity contribution is 0.00578. The molecule has 0 spiro atoms. The number of nitrogens with zero attached hydrogens (tertiary/aromatic N) is 2. The molecule has 14 heteroatoms. The smallest absolute Gasteiger partial charge is 0.399 e. The first-order valence-corrected chi connectivity index (χ1v) is 19.7. The number of halogens is 5. The maximum Gasteiger partial charge on any atom is 0.496 e. The third kappa shape index (κ3) is 11.2. The molecule has 1 aliphatic heterocycles. The van der Waals surface area contributed by atoms with Crippen molar-refractivity contribution >= 4 is 106 Å². The van der Waals surface area contributed by atoms with Gasteiger partial charge in [0.2, 0.25) is 11.1 Å². The summed E-state index contributed by atoms with van der Waals surface area (Å²) in [6.07, 6.45) is 5.19. The van der Waals surface area contributed by atoms with Gasteiger partial charge in [0, 0.05) is 103 Å². The molecule has 0 unspecified atom stereocenters. The topological polar surface area (TPSA) is 95.3 Å². The monoisotopic (exact) mass is 1020 g/mol. The van der Waals surface area contributed by atoms with Crippen LogP contribution in [0.15, 0.2) is 60.1 Å². The van der Waals surface area contributed by atoms with Crippen molar-refractivity contribution in [1.82, 2.24) is 14.1 Å². The number of H-pyrrole nitrogens is 1. The number of aryl methyl sites for hydroxylation is 5. The molecule has 8 nitrogen and oxygen atoms in total. The normalized spacial score (nSPS) is 14.4. The quantitative estimate of drug-likeness (QED) is 0.229. The number of aromatic nitrogens is 3. The van der Waals surface area contributed by atoms with Crippen LogP contribution in [0.3, 0.4) is 0 Å². The van der Waals surface area contributed by atoms with Gasteiger partial charge in [0.05, 0.1) is 11.2 Å². The van der Waals surface area contributed by atoms with E-state index >= 15 is 0 Å². The summed E-state index contributed by atoms with van der Waals surface area (Å²) < 4.78 is 17.0. The Bertz CT molecular complexity index is 1440. The molecule has 3 aromatic heterocycles. The Hall–Kier alpha value is -0.0151. The molecular weight excluding hydrogens is 986 g/mol. The van der Waals surface area contributed by atoms with Gasteiger partial charge in [-0.3, -0.25) is 14.4 Å². The minimum absolute atomic E-state index is 0. The van der Waals surface area contributed by atoms with Crippen molar-refractivity contribution in [3.05, 3.63) is 93.5 Å². The van der Waals surface area contributed by atoms with Gasteiger partial charge in [-0.25, -0.2) is 0 Å². The summed E-state index contributed by atoms with van der Waals surface area (Å²) in [4.78, 5) is 35.6. The zero-order chi connectivity index (χ0) is 30.3. The van der Waals surface area contributed by atoms with Crippen LogP contribution >= 0.6 is 93.1 Å². The van der Waals surface area contributed by atoms with E-state index in [9.17, 15) is 14.4 Å². The van der Waals surface area contributed by atoms with Crippen molar-refractivity contribution < 1.29 is 9.31 Å². The Balaban J connectivity index is 0.000000590. The highest BCUT2D eigenvalue weighted by Gasteiger charge is 2.52. The maximum atomic E-state index is 11.5. The standard InChI is InChI=1S/C13H20BNO3.C7H8BrNO.C6H6BrNO.I2.HI/c1-9-7-11(16)15(6)8-10(9)14-17-12(2,3)13(4,5)18-14;1-5-3-7(10)9(2)4-6(5)8;1-4-2-6(9)8-3-5(4)7;1-2;/h7-8H,1-6H3;3-4H,1-2H3;2-3H,1H3,(H,8,9);;1H. The first-order chi connectivity index (χ1) is 17.9. The molecule has 0 amide bonds. The predicted molar refractivity (Wildman–Crippen MR) is 199 cm³/mol. The zero-order valence-electron chi connectivity index (χ0n) is 23.9. The van der Waals surface area contributed by atoms with Crippen LogP contribution < -0.4 is 22.1 Å². The highest BCUT2D eigenvalue weighted by molar-refractivity contribution is 15.0. The largest absolute Gasteiger partial charge is 0.496 e. The van der Waals surface area contributed by atoms with Crippen LogP contribution in [0.25, 0.3) is 0 Å². The lowest BCUT2D eigenvalue weighted by atomic mass is 9.77. The third-order valence-electron chi connectivity index (χ3n) is 6.42. The molecule has 40 heavy (non-hydrogen) atoms. The fraction of sp³-hybridized carbons (Fsp3) is 0.423. The first kappa shape index (κ1) is 40.0. The number of pyridine rings is 3. The lowest BCUT2D eigenvalue weighted by Gasteiger charge is -2.32. The Kier molecular flexibility index (Phi) is 17.3. The summed E-state index contributed by atoms with van der Waals surface area (Å²) in [5.41, 5.74) is 2.97. The highest BCUT2D eigenvalue weighted by atomic mass is 128. The molecule has 222 valence electrons. The summed E-state index contributed by atoms with van der Waals surface area (Å²) >= 11 is 10.8. The van der Waals surface area contributed by atoms with Gasteiger partial charge in [-0.1, -0.05) is 0 Å². The van der Waals surface area contributed by atoms with Crippen molar-refractivity contribution in [2.45, 2.75) is 59.7 Å². The average molecular weight is 1020 g/mol. The van der Waals surface area contributed by atoms with Gasteiger partial charge in [0.15, 0.2) is 0 Å². The molecule has 0 bridgehead atoms. The van der Waals surface area contributed by atoms with Gasteiger partial charge in [-0.05, 0) is 97.0 Å². The van der Waals surface area contributed by atoms with E-state index in [1.807, 2.05) is 48.5 Å². The minimum atomic E-state index is -0.415. The molecule has 0 radical (unpaired) electrons. The number of aromatic amines is 1. The van der Waals surface area contributed by atoms with Crippen LogP contribution in [0.1, 0.15) is 44.4 Å². The zero-order valence-corrected chi connectivity index (χ0v) is 33.7. The summed E-state index contributed by atoms with van der Waals surface area (Å²) in [5.74, 6) is 0. The van der Waals surface area contributed by atoms with E-state index in [1.54, 1.807) is 55.5 Å². The summed E-state index contributed by atoms with van der Waals surface area (Å²) in [5, 5.41) is 0. The molecule has 4 heterocycles. The fourth-order valence-electron chi connectivity index (χ4n) is 3.21. The van der Waals surface area contributed by atoms with Gasteiger partial charge in [0.1, 0.15) is 0 Å². The SMILES string of the molecule is Cc1cc(=O)[nH]cc1Br.Cc1cc(=O)n(C)cc1B1OC(C)(C)C(C)(C)O1.Cc1cc(=O)n(C)cc1Br.I.II. The van der Waals surface area contributed by atoms with E-state index in [1.165, 1.54) is 4.57 Å². The van der Waals surface area contributed by atoms with Crippen molar-refractivity contribution in [3.8, 4) is 0 Å². The summed E-state index contributed by atoms with van der Waals surface area (Å²) in [6.45, 7) is 13.7. The number of hydrogen-bond donors (Lipinski definition) is 1. The molecule has 4 rings (SSSR count). The minimum Gasteiger partial charge on any atom is -0.399 e. The molecule has 1 N–H and O–H groups in total. The van der Waals surface area contributed by atoms with Crippen LogP contribution in [0.4, 0.5) is 0 Å². The second-order valence-electron chi connectivity index (χ2n) is 10.0. The molecule has 1 fully saturated rings. The lowest BCUT2D eigenvalue weighted by Crippen LogP contribution is -2.41. The van der Waals surface area contributed by atoms with Gasteiger partial charge in [-0.15, -0.1) is 24.0 Å². The van der Waals surface area contributed by atoms with E-state index in [0.29, 0.717) is 0 Å². The van der Waals surface area contributed by atoms with Crippen molar-refractivity contribution in [3.63, 3.8) is 0 Å². The van der Waals surface area contributed by atoms with Gasteiger partial charge < -0.3 is 23.4 Å². The molecule has 1 aliphatic rings. The Morgan fingerprint density at radius 1 is 0.775 bits per heavy atom. The van der Waals surface area contributed by atoms with Crippen molar-refractivity contribution in [2.75, 3.05) is 0 Å². The molecule has 0 aromatic carbocycles. The Morgan fingerprint density at radius 2 is 1.20 bits per heavy atom. The second-order valence-corrected chi connectivity index (χ2v) is 11.7. The van der Waals surface area contributed by atoms with E-state index < -0.39 is 7.12 Å². The Morgan fingerprint density at radius 3 is 1.62 bits per heavy atom. The first-order valence-electron chi connectivity index (χ1n) is 11.8. The van der Waals surface area contributed by atoms with E-state index in [-0.39, 0.29) is 51.9 Å². The molecule has 1 saturated heterocycles. The van der Waals surface area contributed by atoms with E-state index in [2.05, 4.69) is 74.1 Å². The van der Waals surface area contributed by atoms with Crippen LogP contribution in [0, 0.1) is 20.8 Å². The van der Waals surface area contributed by atoms with Crippen LogP contribution in [0.5, 0.6) is 0 Å². The third-order valence-corrected chi connectivity index (χ3v) is 8.10. The molecule has 0 atom stereocenters. The summed E-state index contributed by atoms with van der Waals surface area (Å²) in [6, 6.07) is 4.76. The number of rotatable bonds is 1. The summed E-state index contributed by atoms with van der Waals surface area (Å²) in [7, 11) is 3.05. The highest BCUT2D eigenvalue weighted by Crippen LogP contribution is 2.36. The molecule has 0 saturated carbocycles. The molecule has 3 aromatic rings.